The Kier molecular flexibility index (Phi) is 5.42. The second-order valence-corrected chi connectivity index (χ2v) is 8.31. The Morgan fingerprint density at radius 3 is 2.33 bits per heavy atom. The number of aryl methyl sites for hydroxylation is 2. The predicted molar refractivity (Wildman–Crippen MR) is 102 cm³/mol. The summed E-state index contributed by atoms with van der Waals surface area (Å²) in [5.74, 6) is -0.859. The highest BCUT2D eigenvalue weighted by atomic mass is 32.2. The quantitative estimate of drug-likeness (QED) is 0.674. The van der Waals surface area contributed by atoms with Gasteiger partial charge in [-0.2, -0.15) is 18.3 Å². The first-order valence-corrected chi connectivity index (χ1v) is 10.1. The molecule has 0 saturated carbocycles. The molecule has 0 atom stereocenters. The maximum Gasteiger partial charge on any atom is 0.417 e. The van der Waals surface area contributed by atoms with Gasteiger partial charge in [0.1, 0.15) is 0 Å². The van der Waals surface area contributed by atoms with Crippen molar-refractivity contribution < 1.29 is 26.4 Å². The van der Waals surface area contributed by atoms with Gasteiger partial charge in [-0.15, -0.1) is 0 Å². The van der Waals surface area contributed by atoms with E-state index < -0.39 is 27.7 Å². The Balaban J connectivity index is 1.87. The van der Waals surface area contributed by atoms with E-state index in [4.69, 9.17) is 0 Å². The lowest BCUT2D eigenvalue weighted by atomic mass is 10.2. The molecule has 1 amide bonds. The monoisotopic (exact) mass is 438 g/mol. The number of hydrogen-bond donors (Lipinski definition) is 1. The van der Waals surface area contributed by atoms with Crippen LogP contribution in [0.3, 0.4) is 0 Å². The van der Waals surface area contributed by atoms with Crippen LogP contribution in [0.5, 0.6) is 0 Å². The van der Waals surface area contributed by atoms with Crippen LogP contribution in [0.2, 0.25) is 0 Å². The highest BCUT2D eigenvalue weighted by molar-refractivity contribution is 7.90. The van der Waals surface area contributed by atoms with Gasteiger partial charge in [-0.05, 0) is 44.5 Å². The Morgan fingerprint density at radius 2 is 1.77 bits per heavy atom. The molecule has 0 fully saturated rings. The van der Waals surface area contributed by atoms with Gasteiger partial charge < -0.3 is 0 Å². The van der Waals surface area contributed by atoms with Gasteiger partial charge >= 0.3 is 6.18 Å². The minimum atomic E-state index is -4.53. The number of nitrogens with zero attached hydrogens (tertiary/aromatic N) is 3. The van der Waals surface area contributed by atoms with Crippen LogP contribution in [0, 0.1) is 20.8 Å². The van der Waals surface area contributed by atoms with Crippen LogP contribution in [0.25, 0.3) is 5.82 Å². The van der Waals surface area contributed by atoms with Crippen molar-refractivity contribution in [2.75, 3.05) is 0 Å². The molecule has 30 heavy (non-hydrogen) atoms. The third kappa shape index (κ3) is 4.20. The standard InChI is InChI=1S/C19H17F3N4O3S/c1-11-4-6-16(12(2)8-11)30(28,29)25-18(27)15-10-24-26(13(15)3)17-7-5-14(9-23-17)19(20,21)22/h4-10H,1-3H3,(H,25,27). The third-order valence-corrected chi connectivity index (χ3v) is 5.88. The largest absolute Gasteiger partial charge is 0.417 e. The van der Waals surface area contributed by atoms with E-state index in [0.29, 0.717) is 11.8 Å². The number of carbonyl (C=O) groups is 1. The SMILES string of the molecule is Cc1ccc(S(=O)(=O)NC(=O)c2cnn(-c3ccc(C(F)(F)F)cn3)c2C)c(C)c1. The number of pyridine rings is 1. The van der Waals surface area contributed by atoms with E-state index in [1.165, 1.54) is 13.0 Å². The summed E-state index contributed by atoms with van der Waals surface area (Å²) in [6.07, 6.45) is -2.75. The fourth-order valence-corrected chi connectivity index (χ4v) is 4.07. The second-order valence-electron chi connectivity index (χ2n) is 6.66. The maximum atomic E-state index is 12.7. The minimum Gasteiger partial charge on any atom is -0.268 e. The van der Waals surface area contributed by atoms with Gasteiger partial charge in [0.2, 0.25) is 0 Å². The fourth-order valence-electron chi connectivity index (χ4n) is 2.88. The molecular formula is C19H17F3N4O3S. The summed E-state index contributed by atoms with van der Waals surface area (Å²) in [4.78, 5) is 16.2. The molecule has 158 valence electrons. The lowest BCUT2D eigenvalue weighted by Crippen LogP contribution is -2.31. The molecule has 2 heterocycles. The van der Waals surface area contributed by atoms with Gasteiger partial charge in [0.05, 0.1) is 27.9 Å². The molecule has 0 aliphatic heterocycles. The van der Waals surface area contributed by atoms with Crippen LogP contribution in [0.15, 0.2) is 47.6 Å². The molecule has 0 aliphatic rings. The molecule has 0 spiro atoms. The molecule has 0 bridgehead atoms. The van der Waals surface area contributed by atoms with Crippen molar-refractivity contribution in [2.24, 2.45) is 0 Å². The average Bonchev–Trinajstić information content (AvgIpc) is 3.02. The number of amides is 1. The number of aromatic nitrogens is 3. The Bertz CT molecular complexity index is 1220. The Hall–Kier alpha value is -3.21. The van der Waals surface area contributed by atoms with Gasteiger partial charge in [0.25, 0.3) is 15.9 Å². The van der Waals surface area contributed by atoms with Crippen LogP contribution in [0.4, 0.5) is 13.2 Å². The highest BCUT2D eigenvalue weighted by Crippen LogP contribution is 2.29. The van der Waals surface area contributed by atoms with Crippen molar-refractivity contribution in [1.29, 1.82) is 0 Å². The molecule has 0 unspecified atom stereocenters. The summed E-state index contributed by atoms with van der Waals surface area (Å²) in [7, 11) is -4.13. The van der Waals surface area contributed by atoms with Crippen LogP contribution < -0.4 is 4.72 Å². The first kappa shape index (κ1) is 21.5. The van der Waals surface area contributed by atoms with Crippen LogP contribution in [0.1, 0.15) is 32.7 Å². The number of carbonyl (C=O) groups excluding carboxylic acids is 1. The molecule has 3 aromatic rings. The highest BCUT2D eigenvalue weighted by Gasteiger charge is 2.31. The first-order valence-electron chi connectivity index (χ1n) is 8.63. The van der Waals surface area contributed by atoms with E-state index in [1.54, 1.807) is 19.1 Å². The summed E-state index contributed by atoms with van der Waals surface area (Å²) < 4.78 is 66.4. The maximum absolute atomic E-state index is 12.7. The third-order valence-electron chi connectivity index (χ3n) is 4.39. The zero-order valence-electron chi connectivity index (χ0n) is 16.1. The number of hydrogen-bond acceptors (Lipinski definition) is 5. The fraction of sp³-hybridized carbons (Fsp3) is 0.211. The van der Waals surface area contributed by atoms with E-state index in [0.717, 1.165) is 28.6 Å². The van der Waals surface area contributed by atoms with Crippen molar-refractivity contribution in [1.82, 2.24) is 19.5 Å². The zero-order chi connectivity index (χ0) is 22.3. The first-order chi connectivity index (χ1) is 13.9. The second kappa shape index (κ2) is 7.56. The number of alkyl halides is 3. The zero-order valence-corrected chi connectivity index (χ0v) is 17.0. The molecule has 1 aromatic carbocycles. The molecule has 11 heteroatoms. The summed E-state index contributed by atoms with van der Waals surface area (Å²) in [6.45, 7) is 4.91. The van der Waals surface area contributed by atoms with E-state index in [2.05, 4.69) is 10.1 Å². The Labute approximate surface area is 170 Å². The van der Waals surface area contributed by atoms with Gasteiger partial charge in [-0.1, -0.05) is 17.7 Å². The normalized spacial score (nSPS) is 12.1. The number of nitrogens with one attached hydrogen (secondary N) is 1. The van der Waals surface area contributed by atoms with Crippen LogP contribution in [-0.2, 0) is 16.2 Å². The molecule has 0 aliphatic carbocycles. The summed E-state index contributed by atoms with van der Waals surface area (Å²) in [5, 5.41) is 3.95. The number of halogens is 3. The smallest absolute Gasteiger partial charge is 0.268 e. The number of benzene rings is 1. The molecule has 3 rings (SSSR count). The van der Waals surface area contributed by atoms with Crippen molar-refractivity contribution >= 4 is 15.9 Å². The lowest BCUT2D eigenvalue weighted by Gasteiger charge is -2.10. The van der Waals surface area contributed by atoms with Gasteiger partial charge in [-0.25, -0.2) is 22.8 Å². The lowest BCUT2D eigenvalue weighted by molar-refractivity contribution is -0.137. The summed E-state index contributed by atoms with van der Waals surface area (Å²) in [5.41, 5.74) is 0.602. The van der Waals surface area contributed by atoms with Crippen LogP contribution >= 0.6 is 0 Å². The van der Waals surface area contributed by atoms with E-state index in [1.807, 2.05) is 11.6 Å². The minimum absolute atomic E-state index is 0.0316. The molecule has 1 N–H and O–H groups in total. The van der Waals surface area contributed by atoms with E-state index in [9.17, 15) is 26.4 Å². The topological polar surface area (TPSA) is 94.0 Å². The van der Waals surface area contributed by atoms with E-state index >= 15 is 0 Å². The van der Waals surface area contributed by atoms with Crippen LogP contribution in [-0.4, -0.2) is 29.1 Å². The predicted octanol–water partition coefficient (Wildman–Crippen LogP) is 3.33. The summed E-state index contributed by atoms with van der Waals surface area (Å²) in [6, 6.07) is 6.65. The Morgan fingerprint density at radius 1 is 1.07 bits per heavy atom. The van der Waals surface area contributed by atoms with Gasteiger partial charge in [0, 0.05) is 6.20 Å². The molecule has 7 nitrogen and oxygen atoms in total. The molecule has 2 aromatic heterocycles. The van der Waals surface area contributed by atoms with Crippen molar-refractivity contribution in [3.63, 3.8) is 0 Å². The molecule has 0 radical (unpaired) electrons. The molecular weight excluding hydrogens is 421 g/mol. The molecule has 0 saturated heterocycles. The van der Waals surface area contributed by atoms with E-state index in [-0.39, 0.29) is 22.0 Å². The number of rotatable bonds is 4. The van der Waals surface area contributed by atoms with Crippen molar-refractivity contribution in [3.05, 3.63) is 70.7 Å². The van der Waals surface area contributed by atoms with Crippen molar-refractivity contribution in [3.8, 4) is 5.82 Å². The van der Waals surface area contributed by atoms with Gasteiger partial charge in [0.15, 0.2) is 5.82 Å². The van der Waals surface area contributed by atoms with Crippen molar-refractivity contribution in [2.45, 2.75) is 31.8 Å². The van der Waals surface area contributed by atoms with Gasteiger partial charge in [-0.3, -0.25) is 4.79 Å². The average molecular weight is 438 g/mol. The number of sulfonamides is 1. The summed E-state index contributed by atoms with van der Waals surface area (Å²) >= 11 is 0.